The second kappa shape index (κ2) is 12.1. The molecule has 0 spiro atoms. The Labute approximate surface area is 187 Å². The van der Waals surface area contributed by atoms with Crippen LogP contribution in [0.15, 0.2) is 0 Å². The van der Waals surface area contributed by atoms with E-state index in [4.69, 9.17) is 0 Å². The van der Waals surface area contributed by atoms with Gasteiger partial charge in [-0.3, -0.25) is 0 Å². The van der Waals surface area contributed by atoms with Gasteiger partial charge in [0.05, 0.1) is 0 Å². The summed E-state index contributed by atoms with van der Waals surface area (Å²) in [5.41, 5.74) is 0.361. The molecule has 0 aliphatic heterocycles. The molecule has 0 saturated carbocycles. The van der Waals surface area contributed by atoms with E-state index in [1.165, 1.54) is 12.8 Å². The van der Waals surface area contributed by atoms with Gasteiger partial charge in [-0.25, -0.2) is 0 Å². The molecule has 0 aromatic heterocycles. The predicted octanol–water partition coefficient (Wildman–Crippen LogP) is 9.83. The van der Waals surface area contributed by atoms with E-state index in [1.807, 2.05) is 0 Å². The molecule has 0 saturated heterocycles. The minimum Gasteiger partial charge on any atom is -0.0651 e. The fraction of sp³-hybridized carbons (Fsp3) is 1.00. The van der Waals surface area contributed by atoms with Crippen molar-refractivity contribution in [1.82, 2.24) is 0 Å². The van der Waals surface area contributed by atoms with E-state index in [0.29, 0.717) is 5.41 Å². The number of hydrogen-bond donors (Lipinski definition) is 0. The molecule has 176 valence electrons. The Morgan fingerprint density at radius 2 is 0.655 bits per heavy atom. The van der Waals surface area contributed by atoms with Gasteiger partial charge in [0.2, 0.25) is 0 Å². The van der Waals surface area contributed by atoms with Crippen LogP contribution in [0.25, 0.3) is 0 Å². The van der Waals surface area contributed by atoms with Crippen LogP contribution < -0.4 is 0 Å². The van der Waals surface area contributed by atoms with E-state index < -0.39 is 0 Å². The van der Waals surface area contributed by atoms with Crippen LogP contribution in [0, 0.1) is 70.5 Å². The fourth-order valence-electron chi connectivity index (χ4n) is 5.90. The van der Waals surface area contributed by atoms with Crippen molar-refractivity contribution in [2.24, 2.45) is 70.5 Å². The van der Waals surface area contributed by atoms with E-state index >= 15 is 0 Å². The molecule has 0 fully saturated rings. The Kier molecular flexibility index (Phi) is 12.1. The van der Waals surface area contributed by atoms with Crippen molar-refractivity contribution in [2.75, 3.05) is 0 Å². The standard InChI is InChI=1S/C29H60/c1-16-18(3)20(5)22(7)23(8)24(9)26(11)28(13)29(14,15)27(12)25(10)21(6)19(4)17-2/h18-28H,16-17H2,1-15H3. The average molecular weight is 409 g/mol. The molecule has 0 aromatic rings. The minimum absolute atomic E-state index is 0.361. The maximum atomic E-state index is 2.56. The van der Waals surface area contributed by atoms with Gasteiger partial charge in [0.25, 0.3) is 0 Å². The van der Waals surface area contributed by atoms with E-state index in [-0.39, 0.29) is 0 Å². The SMILES string of the molecule is CCC(C)C(C)C(C)C(C)C(C)C(C)C(C)C(C)(C)C(C)C(C)C(C)C(C)CC. The third kappa shape index (κ3) is 7.00. The normalized spacial score (nSPS) is 24.5. The first-order valence-corrected chi connectivity index (χ1v) is 13.2. The predicted molar refractivity (Wildman–Crippen MR) is 135 cm³/mol. The summed E-state index contributed by atoms with van der Waals surface area (Å²) in [5.74, 6) is 8.57. The summed E-state index contributed by atoms with van der Waals surface area (Å²) >= 11 is 0. The lowest BCUT2D eigenvalue weighted by Crippen LogP contribution is -2.41. The first kappa shape index (κ1) is 29.0. The highest BCUT2D eigenvalue weighted by atomic mass is 14.5. The number of hydrogen-bond acceptors (Lipinski definition) is 0. The summed E-state index contributed by atoms with van der Waals surface area (Å²) in [6, 6.07) is 0. The Balaban J connectivity index is 5.33. The second-order valence-corrected chi connectivity index (χ2v) is 12.2. The van der Waals surface area contributed by atoms with Gasteiger partial charge in [0.1, 0.15) is 0 Å². The molecule has 0 N–H and O–H groups in total. The van der Waals surface area contributed by atoms with Crippen molar-refractivity contribution >= 4 is 0 Å². The summed E-state index contributed by atoms with van der Waals surface area (Å²) in [6.45, 7) is 37.4. The lowest BCUT2D eigenvalue weighted by molar-refractivity contribution is 0.00759. The van der Waals surface area contributed by atoms with E-state index in [9.17, 15) is 0 Å². The highest BCUT2D eigenvalue weighted by Crippen LogP contribution is 2.48. The molecule has 11 atom stereocenters. The topological polar surface area (TPSA) is 0 Å². The molecular weight excluding hydrogens is 348 g/mol. The largest absolute Gasteiger partial charge is 0.0651 e. The van der Waals surface area contributed by atoms with Crippen LogP contribution >= 0.6 is 0 Å². The zero-order valence-electron chi connectivity index (χ0n) is 23.3. The first-order chi connectivity index (χ1) is 13.2. The molecule has 0 nitrogen and oxygen atoms in total. The lowest BCUT2D eigenvalue weighted by Gasteiger charge is -2.48. The highest BCUT2D eigenvalue weighted by Gasteiger charge is 2.41. The fourth-order valence-corrected chi connectivity index (χ4v) is 5.90. The Morgan fingerprint density at radius 3 is 1.00 bits per heavy atom. The summed E-state index contributed by atoms with van der Waals surface area (Å²) < 4.78 is 0. The Morgan fingerprint density at radius 1 is 0.414 bits per heavy atom. The average Bonchev–Trinajstić information content (AvgIpc) is 2.72. The van der Waals surface area contributed by atoms with Crippen molar-refractivity contribution in [3.63, 3.8) is 0 Å². The molecule has 0 aliphatic carbocycles. The van der Waals surface area contributed by atoms with Gasteiger partial charge in [0, 0.05) is 0 Å². The first-order valence-electron chi connectivity index (χ1n) is 13.2. The van der Waals surface area contributed by atoms with Crippen molar-refractivity contribution in [3.8, 4) is 0 Å². The molecule has 0 amide bonds. The smallest absolute Gasteiger partial charge is 0.0298 e. The van der Waals surface area contributed by atoms with Crippen LogP contribution in [-0.2, 0) is 0 Å². The summed E-state index contributed by atoms with van der Waals surface area (Å²) in [4.78, 5) is 0. The van der Waals surface area contributed by atoms with Gasteiger partial charge < -0.3 is 0 Å². The lowest BCUT2D eigenvalue weighted by atomic mass is 9.57. The van der Waals surface area contributed by atoms with Gasteiger partial charge in [-0.2, -0.15) is 0 Å². The summed E-state index contributed by atoms with van der Waals surface area (Å²) in [6.07, 6.45) is 2.60. The Bertz CT molecular complexity index is 435. The maximum Gasteiger partial charge on any atom is -0.0298 e. The van der Waals surface area contributed by atoms with Crippen molar-refractivity contribution < 1.29 is 0 Å². The van der Waals surface area contributed by atoms with E-state index in [1.54, 1.807) is 0 Å². The monoisotopic (exact) mass is 408 g/mol. The minimum atomic E-state index is 0.361. The van der Waals surface area contributed by atoms with Crippen LogP contribution in [0.5, 0.6) is 0 Å². The number of rotatable bonds is 13. The van der Waals surface area contributed by atoms with Crippen molar-refractivity contribution in [1.29, 1.82) is 0 Å². The van der Waals surface area contributed by atoms with Crippen LogP contribution in [0.2, 0.25) is 0 Å². The van der Waals surface area contributed by atoms with Crippen LogP contribution in [0.1, 0.15) is 117 Å². The second-order valence-electron chi connectivity index (χ2n) is 12.2. The molecule has 0 bridgehead atoms. The summed E-state index contributed by atoms with van der Waals surface area (Å²) in [7, 11) is 0. The third-order valence-electron chi connectivity index (χ3n) is 11.2. The van der Waals surface area contributed by atoms with Gasteiger partial charge in [-0.05, 0) is 70.5 Å². The Hall–Kier alpha value is 0. The summed E-state index contributed by atoms with van der Waals surface area (Å²) in [5, 5.41) is 0. The van der Waals surface area contributed by atoms with Crippen LogP contribution in [0.4, 0.5) is 0 Å². The molecule has 0 heterocycles. The molecule has 0 aliphatic rings. The van der Waals surface area contributed by atoms with E-state index in [2.05, 4.69) is 104 Å². The third-order valence-corrected chi connectivity index (χ3v) is 11.2. The van der Waals surface area contributed by atoms with Crippen molar-refractivity contribution in [3.05, 3.63) is 0 Å². The van der Waals surface area contributed by atoms with Gasteiger partial charge in [0.15, 0.2) is 0 Å². The molecule has 0 radical (unpaired) electrons. The zero-order valence-corrected chi connectivity index (χ0v) is 23.3. The van der Waals surface area contributed by atoms with Gasteiger partial charge in [-0.1, -0.05) is 117 Å². The van der Waals surface area contributed by atoms with Gasteiger partial charge >= 0.3 is 0 Å². The molecule has 0 rings (SSSR count). The molecule has 11 unspecified atom stereocenters. The molecular formula is C29H60. The molecule has 0 aromatic carbocycles. The molecule has 0 heteroatoms. The van der Waals surface area contributed by atoms with Gasteiger partial charge in [-0.15, -0.1) is 0 Å². The highest BCUT2D eigenvalue weighted by molar-refractivity contribution is 4.90. The van der Waals surface area contributed by atoms with E-state index in [0.717, 1.165) is 65.1 Å². The maximum absolute atomic E-state index is 2.56. The van der Waals surface area contributed by atoms with Crippen molar-refractivity contribution in [2.45, 2.75) is 117 Å². The van der Waals surface area contributed by atoms with Crippen LogP contribution in [0.3, 0.4) is 0 Å². The molecule has 29 heavy (non-hydrogen) atoms. The zero-order chi connectivity index (χ0) is 23.3. The van der Waals surface area contributed by atoms with Crippen LogP contribution in [-0.4, -0.2) is 0 Å². The quantitative estimate of drug-likeness (QED) is 0.284.